The van der Waals surface area contributed by atoms with Crippen LogP contribution in [-0.2, 0) is 0 Å². The number of rotatable bonds is 2. The summed E-state index contributed by atoms with van der Waals surface area (Å²) in [4.78, 5) is 16.8. The highest BCUT2D eigenvalue weighted by Gasteiger charge is 2.20. The number of aromatic amines is 1. The van der Waals surface area contributed by atoms with Crippen LogP contribution in [0.2, 0.25) is 0 Å². The number of nitrogens with zero attached hydrogens (tertiary/aromatic N) is 2. The minimum absolute atomic E-state index is 0.0706. The zero-order valence-corrected chi connectivity index (χ0v) is 7.68. The van der Waals surface area contributed by atoms with Crippen molar-refractivity contribution >= 4 is 11.5 Å². The molecule has 0 fully saturated rings. The first kappa shape index (κ1) is 9.20. The molecule has 6 nitrogen and oxygen atoms in total. The molecule has 0 aromatic carbocycles. The molecular weight excluding hydrogens is 196 g/mol. The van der Waals surface area contributed by atoms with Crippen LogP contribution in [0.25, 0.3) is 11.1 Å². The lowest BCUT2D eigenvalue weighted by Crippen LogP contribution is -1.99. The van der Waals surface area contributed by atoms with Gasteiger partial charge in [-0.05, 0) is 12.1 Å². The van der Waals surface area contributed by atoms with Crippen molar-refractivity contribution in [2.24, 2.45) is 0 Å². The number of anilines is 1. The molecule has 0 aliphatic rings. The number of nitrogens with one attached hydrogen (secondary N) is 1. The van der Waals surface area contributed by atoms with Crippen LogP contribution in [0, 0.1) is 10.1 Å². The van der Waals surface area contributed by atoms with Crippen LogP contribution in [-0.4, -0.2) is 14.9 Å². The fourth-order valence-corrected chi connectivity index (χ4v) is 1.39. The lowest BCUT2D eigenvalue weighted by molar-refractivity contribution is -0.383. The summed E-state index contributed by atoms with van der Waals surface area (Å²) in [5.41, 5.74) is 6.49. The molecule has 0 amide bonds. The van der Waals surface area contributed by atoms with Crippen LogP contribution >= 0.6 is 0 Å². The van der Waals surface area contributed by atoms with Crippen LogP contribution in [0.15, 0.2) is 30.7 Å². The van der Waals surface area contributed by atoms with Crippen LogP contribution < -0.4 is 5.73 Å². The van der Waals surface area contributed by atoms with Gasteiger partial charge in [0.1, 0.15) is 0 Å². The van der Waals surface area contributed by atoms with E-state index in [1.54, 1.807) is 24.5 Å². The Bertz CT molecular complexity index is 493. The molecule has 76 valence electrons. The minimum atomic E-state index is -0.523. The van der Waals surface area contributed by atoms with E-state index in [1.165, 1.54) is 6.20 Å². The second-order valence-electron chi connectivity index (χ2n) is 2.95. The van der Waals surface area contributed by atoms with E-state index in [4.69, 9.17) is 5.73 Å². The van der Waals surface area contributed by atoms with E-state index >= 15 is 0 Å². The largest absolute Gasteiger partial charge is 0.378 e. The van der Waals surface area contributed by atoms with Gasteiger partial charge in [0.05, 0.1) is 10.5 Å². The van der Waals surface area contributed by atoms with Crippen molar-refractivity contribution in [1.29, 1.82) is 0 Å². The van der Waals surface area contributed by atoms with Crippen molar-refractivity contribution in [3.63, 3.8) is 0 Å². The molecule has 0 aliphatic heterocycles. The Morgan fingerprint density at radius 3 is 2.87 bits per heavy atom. The fraction of sp³-hybridized carbons (Fsp3) is 0. The van der Waals surface area contributed by atoms with Gasteiger partial charge in [-0.15, -0.1) is 0 Å². The molecule has 0 atom stereocenters. The second-order valence-corrected chi connectivity index (χ2v) is 2.95. The van der Waals surface area contributed by atoms with E-state index in [0.717, 1.165) is 5.56 Å². The Kier molecular flexibility index (Phi) is 2.09. The Hall–Kier alpha value is -2.37. The maximum Gasteiger partial charge on any atom is 0.318 e. The summed E-state index contributed by atoms with van der Waals surface area (Å²) in [6.07, 6.45) is 4.81. The molecule has 15 heavy (non-hydrogen) atoms. The van der Waals surface area contributed by atoms with Gasteiger partial charge in [0.15, 0.2) is 0 Å². The van der Waals surface area contributed by atoms with Gasteiger partial charge in [-0.1, -0.05) is 0 Å². The lowest BCUT2D eigenvalue weighted by Gasteiger charge is -2.01. The predicted octanol–water partition coefficient (Wildman–Crippen LogP) is 1.57. The monoisotopic (exact) mass is 204 g/mol. The number of nitro groups is 1. The molecule has 0 spiro atoms. The van der Waals surface area contributed by atoms with E-state index in [-0.39, 0.29) is 11.5 Å². The topological polar surface area (TPSA) is 97.8 Å². The summed E-state index contributed by atoms with van der Waals surface area (Å²) in [5.74, 6) is -0.0706. The van der Waals surface area contributed by atoms with Gasteiger partial charge in [0.25, 0.3) is 0 Å². The van der Waals surface area contributed by atoms with E-state index < -0.39 is 4.92 Å². The van der Waals surface area contributed by atoms with Gasteiger partial charge in [-0.3, -0.25) is 10.1 Å². The third-order valence-electron chi connectivity index (χ3n) is 2.04. The average Bonchev–Trinajstić information content (AvgIpc) is 2.69. The normalized spacial score (nSPS) is 10.1. The molecule has 3 N–H and O–H groups in total. The predicted molar refractivity (Wildman–Crippen MR) is 55.1 cm³/mol. The molecule has 2 aromatic heterocycles. The lowest BCUT2D eigenvalue weighted by atomic mass is 10.1. The first-order valence-corrected chi connectivity index (χ1v) is 4.22. The third-order valence-corrected chi connectivity index (χ3v) is 2.04. The first-order chi connectivity index (χ1) is 7.20. The van der Waals surface area contributed by atoms with Gasteiger partial charge in [-0.25, -0.2) is 4.98 Å². The van der Waals surface area contributed by atoms with Crippen molar-refractivity contribution in [2.75, 3.05) is 5.73 Å². The highest BCUT2D eigenvalue weighted by Crippen LogP contribution is 2.32. The standard InChI is InChI=1S/C9H8N4O2/c10-9-8(13(14)15)7(2-4-12-9)6-1-3-11-5-6/h1-5,11H,(H2,10,12). The molecule has 2 aromatic rings. The van der Waals surface area contributed by atoms with Gasteiger partial charge < -0.3 is 10.7 Å². The summed E-state index contributed by atoms with van der Waals surface area (Å²) in [6, 6.07) is 3.30. The molecule has 6 heteroatoms. The Morgan fingerprint density at radius 1 is 1.47 bits per heavy atom. The number of H-pyrrole nitrogens is 1. The summed E-state index contributed by atoms with van der Waals surface area (Å²) >= 11 is 0. The number of hydrogen-bond acceptors (Lipinski definition) is 4. The van der Waals surface area contributed by atoms with Crippen molar-refractivity contribution < 1.29 is 4.92 Å². The van der Waals surface area contributed by atoms with E-state index in [0.29, 0.717) is 5.56 Å². The van der Waals surface area contributed by atoms with Crippen LogP contribution in [0.1, 0.15) is 0 Å². The molecule has 0 bridgehead atoms. The Labute approximate surface area is 84.9 Å². The van der Waals surface area contributed by atoms with E-state index in [9.17, 15) is 10.1 Å². The highest BCUT2D eigenvalue weighted by molar-refractivity contribution is 5.78. The summed E-state index contributed by atoms with van der Waals surface area (Å²) in [5, 5.41) is 10.8. The van der Waals surface area contributed by atoms with Crippen molar-refractivity contribution in [2.45, 2.75) is 0 Å². The molecular formula is C9H8N4O2. The number of aromatic nitrogens is 2. The zero-order chi connectivity index (χ0) is 10.8. The van der Waals surface area contributed by atoms with Crippen LogP contribution in [0.5, 0.6) is 0 Å². The second kappa shape index (κ2) is 3.41. The van der Waals surface area contributed by atoms with E-state index in [2.05, 4.69) is 9.97 Å². The maximum absolute atomic E-state index is 10.8. The van der Waals surface area contributed by atoms with Gasteiger partial charge >= 0.3 is 5.69 Å². The Morgan fingerprint density at radius 2 is 2.27 bits per heavy atom. The number of nitrogen functional groups attached to an aromatic ring is 1. The molecule has 0 radical (unpaired) electrons. The maximum atomic E-state index is 10.8. The molecule has 2 rings (SSSR count). The quantitative estimate of drug-likeness (QED) is 0.572. The Balaban J connectivity index is 2.66. The summed E-state index contributed by atoms with van der Waals surface area (Å²) in [7, 11) is 0. The molecule has 0 aliphatic carbocycles. The smallest absolute Gasteiger partial charge is 0.318 e. The summed E-state index contributed by atoms with van der Waals surface area (Å²) < 4.78 is 0. The minimum Gasteiger partial charge on any atom is -0.378 e. The number of pyridine rings is 1. The fourth-order valence-electron chi connectivity index (χ4n) is 1.39. The van der Waals surface area contributed by atoms with Crippen molar-refractivity contribution in [1.82, 2.24) is 9.97 Å². The van der Waals surface area contributed by atoms with Gasteiger partial charge in [0, 0.05) is 24.2 Å². The van der Waals surface area contributed by atoms with Crippen molar-refractivity contribution in [3.05, 3.63) is 40.8 Å². The van der Waals surface area contributed by atoms with Crippen LogP contribution in [0.4, 0.5) is 11.5 Å². The highest BCUT2D eigenvalue weighted by atomic mass is 16.6. The van der Waals surface area contributed by atoms with Crippen LogP contribution in [0.3, 0.4) is 0 Å². The first-order valence-electron chi connectivity index (χ1n) is 4.22. The molecule has 0 saturated carbocycles. The SMILES string of the molecule is Nc1nccc(-c2cc[nH]c2)c1[N+](=O)[O-]. The van der Waals surface area contributed by atoms with Crippen molar-refractivity contribution in [3.8, 4) is 11.1 Å². The number of hydrogen-bond donors (Lipinski definition) is 2. The third kappa shape index (κ3) is 1.52. The average molecular weight is 204 g/mol. The molecule has 0 saturated heterocycles. The van der Waals surface area contributed by atoms with Gasteiger partial charge in [0.2, 0.25) is 5.82 Å². The van der Waals surface area contributed by atoms with E-state index in [1.807, 2.05) is 0 Å². The molecule has 2 heterocycles. The zero-order valence-electron chi connectivity index (χ0n) is 7.68. The molecule has 0 unspecified atom stereocenters. The number of nitrogens with two attached hydrogens (primary N) is 1. The summed E-state index contributed by atoms with van der Waals surface area (Å²) in [6.45, 7) is 0. The van der Waals surface area contributed by atoms with Gasteiger partial charge in [-0.2, -0.15) is 0 Å².